The smallest absolute Gasteiger partial charge is 0.252 e. The summed E-state index contributed by atoms with van der Waals surface area (Å²) in [6.45, 7) is 12.0. The van der Waals surface area contributed by atoms with Crippen LogP contribution in [0.1, 0.15) is 71.2 Å². The van der Waals surface area contributed by atoms with E-state index in [1.807, 2.05) is 34.6 Å². The average molecular weight is 525 g/mol. The number of halogens is 1. The molecule has 10 heteroatoms. The van der Waals surface area contributed by atoms with Crippen LogP contribution in [0.5, 0.6) is 0 Å². The van der Waals surface area contributed by atoms with Crippen molar-refractivity contribution in [2.75, 3.05) is 25.5 Å². The monoisotopic (exact) mass is 524 g/mol. The predicted octanol–water partition coefficient (Wildman–Crippen LogP) is 3.19. The quantitative estimate of drug-likeness (QED) is 0.253. The van der Waals surface area contributed by atoms with Gasteiger partial charge < -0.3 is 30.8 Å². The molecule has 0 saturated carbocycles. The second-order valence-corrected chi connectivity index (χ2v) is 10.2. The largest absolute Gasteiger partial charge is 0.398 e. The zero-order valence-electron chi connectivity index (χ0n) is 22.2. The molecular formula is C26H41ClN4O5. The maximum absolute atomic E-state index is 13.8. The summed E-state index contributed by atoms with van der Waals surface area (Å²) in [7, 11) is 0. The molecular weight excluding hydrogens is 484 g/mol. The molecule has 0 aromatic heterocycles. The summed E-state index contributed by atoms with van der Waals surface area (Å²) in [6.07, 6.45) is 2.32. The molecule has 0 aliphatic carbocycles. The second-order valence-electron chi connectivity index (χ2n) is 9.84. The van der Waals surface area contributed by atoms with Crippen molar-refractivity contribution in [3.63, 3.8) is 0 Å². The Balaban J connectivity index is 3.18. The fourth-order valence-electron chi connectivity index (χ4n) is 3.53. The molecule has 1 aromatic rings. The Hall–Kier alpha value is -2.65. The van der Waals surface area contributed by atoms with Crippen molar-refractivity contribution in [2.45, 2.75) is 78.9 Å². The SMILES string of the molecule is CCCCN(C(=O)[C@@H](NC(=O)c1ccc(N)c(Cl)c1)C(C)(C)C)[C@@H](C)C(=O)N[C@@H](CC=O)COCC. The molecule has 1 aromatic carbocycles. The van der Waals surface area contributed by atoms with E-state index in [2.05, 4.69) is 10.6 Å². The first-order chi connectivity index (χ1) is 16.9. The molecule has 0 saturated heterocycles. The van der Waals surface area contributed by atoms with Crippen LogP contribution in [0.3, 0.4) is 0 Å². The normalized spacial score (nSPS) is 13.9. The van der Waals surface area contributed by atoms with Gasteiger partial charge in [-0.1, -0.05) is 45.7 Å². The summed E-state index contributed by atoms with van der Waals surface area (Å²) >= 11 is 6.07. The third-order valence-corrected chi connectivity index (χ3v) is 6.11. The Kier molecular flexibility index (Phi) is 12.9. The van der Waals surface area contributed by atoms with Crippen LogP contribution in [-0.4, -0.2) is 66.8 Å². The van der Waals surface area contributed by atoms with Crippen LogP contribution in [0.25, 0.3) is 0 Å². The highest BCUT2D eigenvalue weighted by atomic mass is 35.5. The number of carbonyl (C=O) groups excluding carboxylic acids is 4. The van der Waals surface area contributed by atoms with Gasteiger partial charge in [0, 0.05) is 25.1 Å². The lowest BCUT2D eigenvalue weighted by Crippen LogP contribution is -2.59. The van der Waals surface area contributed by atoms with Gasteiger partial charge in [-0.05, 0) is 43.9 Å². The van der Waals surface area contributed by atoms with Crippen LogP contribution in [-0.2, 0) is 19.1 Å². The Morgan fingerprint density at radius 3 is 2.39 bits per heavy atom. The molecule has 3 amide bonds. The van der Waals surface area contributed by atoms with Crippen molar-refractivity contribution in [3.05, 3.63) is 28.8 Å². The van der Waals surface area contributed by atoms with Crippen molar-refractivity contribution in [1.29, 1.82) is 0 Å². The van der Waals surface area contributed by atoms with Crippen molar-refractivity contribution < 1.29 is 23.9 Å². The average Bonchev–Trinajstić information content (AvgIpc) is 2.81. The molecule has 1 rings (SSSR count). The summed E-state index contributed by atoms with van der Waals surface area (Å²) in [6, 6.07) is 2.29. The summed E-state index contributed by atoms with van der Waals surface area (Å²) < 4.78 is 5.37. The second kappa shape index (κ2) is 14.8. The number of hydrogen-bond acceptors (Lipinski definition) is 6. The Morgan fingerprint density at radius 2 is 1.86 bits per heavy atom. The van der Waals surface area contributed by atoms with E-state index in [1.54, 1.807) is 6.92 Å². The Morgan fingerprint density at radius 1 is 1.19 bits per heavy atom. The first kappa shape index (κ1) is 31.4. The molecule has 9 nitrogen and oxygen atoms in total. The molecule has 36 heavy (non-hydrogen) atoms. The number of rotatable bonds is 14. The number of unbranched alkanes of at least 4 members (excludes halogenated alkanes) is 1. The Labute approximate surface area is 219 Å². The third kappa shape index (κ3) is 9.43. The van der Waals surface area contributed by atoms with E-state index in [4.69, 9.17) is 22.1 Å². The number of carbonyl (C=O) groups is 4. The molecule has 0 heterocycles. The molecule has 0 fully saturated rings. The van der Waals surface area contributed by atoms with Gasteiger partial charge in [-0.3, -0.25) is 14.4 Å². The zero-order valence-corrected chi connectivity index (χ0v) is 23.0. The topological polar surface area (TPSA) is 131 Å². The van der Waals surface area contributed by atoms with Gasteiger partial charge in [-0.25, -0.2) is 0 Å². The minimum Gasteiger partial charge on any atom is -0.398 e. The molecule has 0 radical (unpaired) electrons. The molecule has 4 N–H and O–H groups in total. The molecule has 0 aliphatic heterocycles. The van der Waals surface area contributed by atoms with Gasteiger partial charge in [0.25, 0.3) is 5.91 Å². The zero-order chi connectivity index (χ0) is 27.5. The number of nitrogens with two attached hydrogens (primary N) is 1. The van der Waals surface area contributed by atoms with Gasteiger partial charge in [0.05, 0.1) is 23.4 Å². The van der Waals surface area contributed by atoms with E-state index in [0.29, 0.717) is 25.3 Å². The predicted molar refractivity (Wildman–Crippen MR) is 142 cm³/mol. The number of ether oxygens (including phenoxy) is 1. The maximum atomic E-state index is 13.8. The summed E-state index contributed by atoms with van der Waals surface area (Å²) in [5.74, 6) is -1.24. The number of nitrogen functional groups attached to an aromatic ring is 1. The van der Waals surface area contributed by atoms with Crippen LogP contribution in [0.2, 0.25) is 5.02 Å². The van der Waals surface area contributed by atoms with Gasteiger partial charge in [-0.2, -0.15) is 0 Å². The highest BCUT2D eigenvalue weighted by Crippen LogP contribution is 2.24. The molecule has 0 aliphatic rings. The van der Waals surface area contributed by atoms with Crippen LogP contribution < -0.4 is 16.4 Å². The van der Waals surface area contributed by atoms with Gasteiger partial charge in [-0.15, -0.1) is 0 Å². The van der Waals surface area contributed by atoms with Crippen LogP contribution >= 0.6 is 11.6 Å². The van der Waals surface area contributed by atoms with Crippen molar-refractivity contribution in [2.24, 2.45) is 5.41 Å². The Bertz CT molecular complexity index is 903. The first-order valence-corrected chi connectivity index (χ1v) is 12.7. The fraction of sp³-hybridized carbons (Fsp3) is 0.615. The molecule has 0 bridgehead atoms. The van der Waals surface area contributed by atoms with E-state index in [9.17, 15) is 19.2 Å². The number of hydrogen-bond donors (Lipinski definition) is 3. The lowest BCUT2D eigenvalue weighted by atomic mass is 9.85. The van der Waals surface area contributed by atoms with E-state index >= 15 is 0 Å². The van der Waals surface area contributed by atoms with Crippen molar-refractivity contribution in [1.82, 2.24) is 15.5 Å². The van der Waals surface area contributed by atoms with Gasteiger partial charge in [0.15, 0.2) is 0 Å². The first-order valence-electron chi connectivity index (χ1n) is 12.3. The molecule has 0 unspecified atom stereocenters. The van der Waals surface area contributed by atoms with Crippen LogP contribution in [0, 0.1) is 5.41 Å². The number of nitrogens with one attached hydrogen (secondary N) is 2. The number of nitrogens with zero attached hydrogens (tertiary/aromatic N) is 1. The number of benzene rings is 1. The number of anilines is 1. The third-order valence-electron chi connectivity index (χ3n) is 5.78. The number of aldehydes is 1. The van der Waals surface area contributed by atoms with E-state index in [0.717, 1.165) is 12.7 Å². The van der Waals surface area contributed by atoms with Crippen LogP contribution in [0.4, 0.5) is 5.69 Å². The minimum atomic E-state index is -0.914. The summed E-state index contributed by atoms with van der Waals surface area (Å²) in [5.41, 5.74) is 5.71. The summed E-state index contributed by atoms with van der Waals surface area (Å²) in [5, 5.41) is 5.89. The van der Waals surface area contributed by atoms with E-state index < -0.39 is 35.4 Å². The van der Waals surface area contributed by atoms with E-state index in [1.165, 1.54) is 23.1 Å². The van der Waals surface area contributed by atoms with Crippen molar-refractivity contribution in [3.8, 4) is 0 Å². The highest BCUT2D eigenvalue weighted by molar-refractivity contribution is 6.33. The maximum Gasteiger partial charge on any atom is 0.252 e. The summed E-state index contributed by atoms with van der Waals surface area (Å²) in [4.78, 5) is 52.5. The van der Waals surface area contributed by atoms with E-state index in [-0.39, 0.29) is 29.5 Å². The molecule has 3 atom stereocenters. The fourth-order valence-corrected chi connectivity index (χ4v) is 3.71. The lowest BCUT2D eigenvalue weighted by molar-refractivity contribution is -0.143. The number of amides is 3. The van der Waals surface area contributed by atoms with Gasteiger partial charge >= 0.3 is 0 Å². The van der Waals surface area contributed by atoms with Gasteiger partial charge in [0.1, 0.15) is 18.4 Å². The molecule has 0 spiro atoms. The van der Waals surface area contributed by atoms with Crippen LogP contribution in [0.15, 0.2) is 18.2 Å². The minimum absolute atomic E-state index is 0.103. The molecule has 202 valence electrons. The lowest BCUT2D eigenvalue weighted by Gasteiger charge is -2.37. The van der Waals surface area contributed by atoms with Crippen molar-refractivity contribution >= 4 is 41.3 Å². The van der Waals surface area contributed by atoms with Gasteiger partial charge in [0.2, 0.25) is 11.8 Å². The highest BCUT2D eigenvalue weighted by Gasteiger charge is 2.38. The standard InChI is InChI=1S/C26H41ClN4O5/c1-7-9-13-31(17(3)23(33)29-19(12-14-32)16-36-8-2)25(35)22(26(4,5)6)30-24(34)18-10-11-21(28)20(27)15-18/h10-11,14-15,17,19,22H,7-9,12-13,16,28H2,1-6H3,(H,29,33)(H,30,34)/t17-,19-,22+/m0/s1.